The van der Waals surface area contributed by atoms with Crippen LogP contribution in [0.1, 0.15) is 19.2 Å². The summed E-state index contributed by atoms with van der Waals surface area (Å²) in [4.78, 5) is 4.49. The Morgan fingerprint density at radius 1 is 1.40 bits per heavy atom. The minimum atomic E-state index is 0.580. The second-order valence-electron chi connectivity index (χ2n) is 5.33. The summed E-state index contributed by atoms with van der Waals surface area (Å²) in [6, 6.07) is 8.28. The van der Waals surface area contributed by atoms with Gasteiger partial charge < -0.3 is 14.6 Å². The van der Waals surface area contributed by atoms with E-state index in [4.69, 9.17) is 9.26 Å². The van der Waals surface area contributed by atoms with Crippen molar-refractivity contribution in [3.05, 3.63) is 30.2 Å². The molecule has 2 heterocycles. The second kappa shape index (κ2) is 5.63. The number of methoxy groups -OCH3 is 1. The molecule has 0 saturated carbocycles. The highest BCUT2D eigenvalue weighted by Gasteiger charge is 2.23. The van der Waals surface area contributed by atoms with E-state index in [-0.39, 0.29) is 0 Å². The van der Waals surface area contributed by atoms with Gasteiger partial charge in [-0.3, -0.25) is 0 Å². The van der Waals surface area contributed by atoms with E-state index in [9.17, 15) is 0 Å². The molecule has 0 bridgehead atoms. The van der Waals surface area contributed by atoms with Crippen LogP contribution in [0.2, 0.25) is 0 Å². The lowest BCUT2D eigenvalue weighted by molar-refractivity contribution is 0.356. The van der Waals surface area contributed by atoms with Crippen molar-refractivity contribution in [2.75, 3.05) is 13.7 Å². The Bertz CT molecular complexity index is 582. The van der Waals surface area contributed by atoms with Crippen LogP contribution in [0.5, 0.6) is 5.75 Å². The number of nitrogens with zero attached hydrogens (tertiary/aromatic N) is 2. The number of hydrogen-bond acceptors (Lipinski definition) is 5. The molecule has 1 aromatic carbocycles. The molecule has 1 N–H and O–H groups in total. The Morgan fingerprint density at radius 2 is 2.25 bits per heavy atom. The van der Waals surface area contributed by atoms with E-state index in [2.05, 4.69) is 22.4 Å². The van der Waals surface area contributed by atoms with Gasteiger partial charge in [-0.1, -0.05) is 17.3 Å². The first-order valence-electron chi connectivity index (χ1n) is 6.95. The van der Waals surface area contributed by atoms with Gasteiger partial charge in [-0.2, -0.15) is 4.98 Å². The number of hydrogen-bond donors (Lipinski definition) is 1. The number of para-hydroxylation sites is 1. The third kappa shape index (κ3) is 2.67. The molecule has 2 aromatic rings. The quantitative estimate of drug-likeness (QED) is 0.926. The van der Waals surface area contributed by atoms with E-state index >= 15 is 0 Å². The van der Waals surface area contributed by atoms with Crippen molar-refractivity contribution in [2.45, 2.75) is 25.8 Å². The maximum atomic E-state index is 5.37. The first kappa shape index (κ1) is 13.1. The Morgan fingerprint density at radius 3 is 3.00 bits per heavy atom. The molecule has 1 saturated heterocycles. The highest BCUT2D eigenvalue weighted by Crippen LogP contribution is 2.27. The first-order chi connectivity index (χ1) is 9.76. The van der Waals surface area contributed by atoms with E-state index < -0.39 is 0 Å². The Hall–Kier alpha value is -1.88. The van der Waals surface area contributed by atoms with Gasteiger partial charge in [0.15, 0.2) is 0 Å². The maximum absolute atomic E-state index is 5.37. The van der Waals surface area contributed by atoms with Crippen LogP contribution in [0.4, 0.5) is 0 Å². The summed E-state index contributed by atoms with van der Waals surface area (Å²) in [6.07, 6.45) is 1.99. The lowest BCUT2D eigenvalue weighted by Gasteiger charge is -2.04. The van der Waals surface area contributed by atoms with Crippen molar-refractivity contribution < 1.29 is 9.26 Å². The molecule has 2 atom stereocenters. The minimum Gasteiger partial charge on any atom is -0.496 e. The van der Waals surface area contributed by atoms with E-state index in [0.29, 0.717) is 23.7 Å². The Kier molecular flexibility index (Phi) is 3.69. The van der Waals surface area contributed by atoms with Crippen LogP contribution in [0.3, 0.4) is 0 Å². The van der Waals surface area contributed by atoms with Crippen LogP contribution in [0.15, 0.2) is 28.8 Å². The SMILES string of the molecule is COc1ccccc1-c1noc(CC2CNC(C)C2)n1. The summed E-state index contributed by atoms with van der Waals surface area (Å²) in [6.45, 7) is 3.22. The number of rotatable bonds is 4. The van der Waals surface area contributed by atoms with Crippen LogP contribution in [-0.2, 0) is 6.42 Å². The standard InChI is InChI=1S/C15H19N3O2/c1-10-7-11(9-16-10)8-14-17-15(18-20-14)12-5-3-4-6-13(12)19-2/h3-6,10-11,16H,7-9H2,1-2H3. The van der Waals surface area contributed by atoms with Gasteiger partial charge in [0.2, 0.25) is 11.7 Å². The predicted octanol–water partition coefficient (Wildman–Crippen LogP) is 2.29. The lowest BCUT2D eigenvalue weighted by Crippen LogP contribution is -2.17. The molecule has 5 heteroatoms. The van der Waals surface area contributed by atoms with Crippen molar-refractivity contribution in [3.63, 3.8) is 0 Å². The molecule has 1 fully saturated rings. The van der Waals surface area contributed by atoms with Gasteiger partial charge in [0, 0.05) is 12.5 Å². The molecule has 0 aliphatic carbocycles. The predicted molar refractivity (Wildman–Crippen MR) is 75.6 cm³/mol. The molecular weight excluding hydrogens is 254 g/mol. The fraction of sp³-hybridized carbons (Fsp3) is 0.467. The summed E-state index contributed by atoms with van der Waals surface area (Å²) in [5.41, 5.74) is 0.864. The molecule has 1 aliphatic rings. The largest absolute Gasteiger partial charge is 0.496 e. The normalized spacial score (nSPS) is 22.1. The van der Waals surface area contributed by atoms with Crippen LogP contribution < -0.4 is 10.1 Å². The highest BCUT2D eigenvalue weighted by molar-refractivity contribution is 5.63. The Labute approximate surface area is 118 Å². The monoisotopic (exact) mass is 273 g/mol. The molecule has 3 rings (SSSR count). The fourth-order valence-corrected chi connectivity index (χ4v) is 2.71. The molecular formula is C15H19N3O2. The zero-order valence-corrected chi connectivity index (χ0v) is 11.8. The van der Waals surface area contributed by atoms with Gasteiger partial charge in [-0.05, 0) is 37.9 Å². The molecule has 5 nitrogen and oxygen atoms in total. The average Bonchev–Trinajstić information content (AvgIpc) is 3.08. The van der Waals surface area contributed by atoms with Crippen molar-refractivity contribution in [2.24, 2.45) is 5.92 Å². The number of nitrogens with one attached hydrogen (secondary N) is 1. The second-order valence-corrected chi connectivity index (χ2v) is 5.33. The number of aromatic nitrogens is 2. The first-order valence-corrected chi connectivity index (χ1v) is 6.95. The van der Waals surface area contributed by atoms with Crippen LogP contribution in [0.25, 0.3) is 11.4 Å². The molecule has 20 heavy (non-hydrogen) atoms. The van der Waals surface area contributed by atoms with Crippen LogP contribution in [-0.4, -0.2) is 29.8 Å². The number of ether oxygens (including phenoxy) is 1. The molecule has 2 unspecified atom stereocenters. The van der Waals surface area contributed by atoms with E-state index in [0.717, 1.165) is 30.7 Å². The molecule has 1 aromatic heterocycles. The summed E-state index contributed by atoms with van der Waals surface area (Å²) < 4.78 is 10.7. The molecule has 0 radical (unpaired) electrons. The third-order valence-electron chi connectivity index (χ3n) is 3.72. The van der Waals surface area contributed by atoms with E-state index in [1.165, 1.54) is 0 Å². The zero-order valence-electron chi connectivity index (χ0n) is 11.8. The van der Waals surface area contributed by atoms with Crippen LogP contribution in [0, 0.1) is 5.92 Å². The van der Waals surface area contributed by atoms with E-state index in [1.807, 2.05) is 24.3 Å². The zero-order chi connectivity index (χ0) is 13.9. The third-order valence-corrected chi connectivity index (χ3v) is 3.72. The minimum absolute atomic E-state index is 0.580. The molecule has 0 spiro atoms. The van der Waals surface area contributed by atoms with Gasteiger partial charge >= 0.3 is 0 Å². The van der Waals surface area contributed by atoms with Gasteiger partial charge in [0.25, 0.3) is 0 Å². The summed E-state index contributed by atoms with van der Waals surface area (Å²) >= 11 is 0. The van der Waals surface area contributed by atoms with Crippen molar-refractivity contribution in [1.82, 2.24) is 15.5 Å². The van der Waals surface area contributed by atoms with E-state index in [1.54, 1.807) is 7.11 Å². The molecule has 0 amide bonds. The molecule has 106 valence electrons. The van der Waals surface area contributed by atoms with Gasteiger partial charge in [-0.15, -0.1) is 0 Å². The Balaban J connectivity index is 1.76. The number of benzene rings is 1. The average molecular weight is 273 g/mol. The van der Waals surface area contributed by atoms with Crippen LogP contribution >= 0.6 is 0 Å². The summed E-state index contributed by atoms with van der Waals surface area (Å²) in [5.74, 6) is 2.63. The van der Waals surface area contributed by atoms with Gasteiger partial charge in [0.05, 0.1) is 12.7 Å². The highest BCUT2D eigenvalue weighted by atomic mass is 16.5. The summed E-state index contributed by atoms with van der Waals surface area (Å²) in [7, 11) is 1.64. The van der Waals surface area contributed by atoms with Crippen molar-refractivity contribution in [1.29, 1.82) is 0 Å². The lowest BCUT2D eigenvalue weighted by atomic mass is 10.0. The fourth-order valence-electron chi connectivity index (χ4n) is 2.71. The topological polar surface area (TPSA) is 60.2 Å². The van der Waals surface area contributed by atoms with Gasteiger partial charge in [-0.25, -0.2) is 0 Å². The summed E-state index contributed by atoms with van der Waals surface area (Å²) in [5, 5.41) is 7.51. The van der Waals surface area contributed by atoms with Crippen molar-refractivity contribution in [3.8, 4) is 17.1 Å². The smallest absolute Gasteiger partial charge is 0.227 e. The van der Waals surface area contributed by atoms with Gasteiger partial charge in [0.1, 0.15) is 5.75 Å². The molecule has 1 aliphatic heterocycles. The van der Waals surface area contributed by atoms with Crippen molar-refractivity contribution >= 4 is 0 Å². The maximum Gasteiger partial charge on any atom is 0.227 e.